The van der Waals surface area contributed by atoms with E-state index in [1.54, 1.807) is 0 Å². The second-order valence-corrected chi connectivity index (χ2v) is 5.88. The Kier molecular flexibility index (Phi) is 6.17. The Morgan fingerprint density at radius 1 is 1.60 bits per heavy atom. The van der Waals surface area contributed by atoms with Crippen molar-refractivity contribution in [1.29, 1.82) is 5.41 Å². The molecule has 11 heteroatoms. The highest BCUT2D eigenvalue weighted by atomic mass is 79.9. The summed E-state index contributed by atoms with van der Waals surface area (Å²) in [6, 6.07) is 3.47. The molecule has 134 valence electrons. The minimum Gasteiger partial charge on any atom is -0.383 e. The van der Waals surface area contributed by atoms with Gasteiger partial charge in [0, 0.05) is 13.2 Å². The highest BCUT2D eigenvalue weighted by Gasteiger charge is 2.20. The summed E-state index contributed by atoms with van der Waals surface area (Å²) >= 11 is 3.03. The van der Waals surface area contributed by atoms with Crippen molar-refractivity contribution in [3.63, 3.8) is 0 Å². The molecule has 0 bridgehead atoms. The molecule has 0 aliphatic rings. The molecule has 0 fully saturated rings. The lowest BCUT2D eigenvalue weighted by molar-refractivity contribution is 0.182. The largest absolute Gasteiger partial charge is 0.446 e. The van der Waals surface area contributed by atoms with Gasteiger partial charge in [-0.25, -0.2) is 13.8 Å². The monoisotopic (exact) mass is 414 g/mol. The van der Waals surface area contributed by atoms with Crippen LogP contribution in [0, 0.1) is 11.2 Å². The van der Waals surface area contributed by atoms with E-state index in [0.717, 1.165) is 10.6 Å². The van der Waals surface area contributed by atoms with Crippen LogP contribution in [0.3, 0.4) is 0 Å². The number of benzene rings is 1. The molecule has 25 heavy (non-hydrogen) atoms. The molecule has 0 spiro atoms. The molecule has 1 atom stereocenters. The lowest BCUT2D eigenvalue weighted by atomic mass is 10.2. The molecule has 0 saturated carbocycles. The number of aliphatic imine (C=N–C) groups is 1. The van der Waals surface area contributed by atoms with Crippen molar-refractivity contribution in [1.82, 2.24) is 9.72 Å². The van der Waals surface area contributed by atoms with Gasteiger partial charge < -0.3 is 16.2 Å². The summed E-state index contributed by atoms with van der Waals surface area (Å²) in [5.41, 5.74) is 11.4. The highest BCUT2D eigenvalue weighted by molar-refractivity contribution is 9.10. The molecule has 1 unspecified atom stereocenters. The Hall–Kier alpha value is -2.37. The van der Waals surface area contributed by atoms with E-state index < -0.39 is 11.6 Å². The number of hydrogen-bond donors (Lipinski definition) is 3. The number of ether oxygens (including phenoxy) is 1. The fraction of sp³-hybridized carbons (Fsp3) is 0.286. The van der Waals surface area contributed by atoms with Crippen molar-refractivity contribution < 1.29 is 13.7 Å². The molecule has 0 saturated heterocycles. The predicted octanol–water partition coefficient (Wildman–Crippen LogP) is 0.426. The van der Waals surface area contributed by atoms with Crippen LogP contribution < -0.4 is 17.2 Å². The minimum absolute atomic E-state index is 0.131. The van der Waals surface area contributed by atoms with Gasteiger partial charge in [-0.2, -0.15) is 0 Å². The Morgan fingerprint density at radius 3 is 2.96 bits per heavy atom. The van der Waals surface area contributed by atoms with Crippen LogP contribution in [0.15, 0.2) is 37.0 Å². The summed E-state index contributed by atoms with van der Waals surface area (Å²) in [6.45, 7) is 0.411. The van der Waals surface area contributed by atoms with Gasteiger partial charge in [0.05, 0.1) is 23.3 Å². The van der Waals surface area contributed by atoms with Crippen molar-refractivity contribution in [3.05, 3.63) is 44.9 Å². The second-order valence-electron chi connectivity index (χ2n) is 5.02. The number of amidine groups is 1. The molecular weight excluding hydrogens is 399 g/mol. The van der Waals surface area contributed by atoms with E-state index in [1.807, 2.05) is 0 Å². The van der Waals surface area contributed by atoms with Gasteiger partial charge in [-0.3, -0.25) is 14.9 Å². The quantitative estimate of drug-likeness (QED) is 0.442. The van der Waals surface area contributed by atoms with E-state index in [2.05, 4.69) is 30.6 Å². The zero-order valence-electron chi connectivity index (χ0n) is 13.2. The highest BCUT2D eigenvalue weighted by Crippen LogP contribution is 2.19. The molecule has 9 nitrogen and oxygen atoms in total. The number of nitrogens with zero attached hydrogens (tertiary/aromatic N) is 3. The molecule has 1 aromatic heterocycles. The Balaban J connectivity index is 2.34. The van der Waals surface area contributed by atoms with Gasteiger partial charge in [0.1, 0.15) is 17.4 Å². The lowest BCUT2D eigenvalue weighted by Gasteiger charge is -2.09. The van der Waals surface area contributed by atoms with Crippen LogP contribution in [-0.4, -0.2) is 47.6 Å². The number of hydrogen-bond acceptors (Lipinski definition) is 7. The standard InChI is InChI=1S/C14H16BrFN6O3/c1-24-6-7(17)5-20-12(19)11(18)13-21-25-14(23)22(13)8-2-3-10(16)9(15)4-8/h2-4,7,18H,5-6,17H2,1H3,(H2,19,20). The molecule has 0 amide bonds. The smallest absolute Gasteiger partial charge is 0.383 e. The van der Waals surface area contributed by atoms with E-state index in [0.29, 0.717) is 0 Å². The third-order valence-electron chi connectivity index (χ3n) is 3.12. The van der Waals surface area contributed by atoms with Crippen LogP contribution >= 0.6 is 15.9 Å². The molecule has 2 rings (SSSR count). The number of nitrogens with two attached hydrogens (primary N) is 2. The number of halogens is 2. The average Bonchev–Trinajstić information content (AvgIpc) is 2.96. The first-order valence-electron chi connectivity index (χ1n) is 7.03. The van der Waals surface area contributed by atoms with Crippen LogP contribution in [0.25, 0.3) is 5.69 Å². The Bertz CT molecular complexity index is 862. The van der Waals surface area contributed by atoms with Gasteiger partial charge in [-0.05, 0) is 34.1 Å². The maximum Gasteiger partial charge on any atom is 0.446 e. The van der Waals surface area contributed by atoms with E-state index in [1.165, 1.54) is 19.2 Å². The SMILES string of the molecule is COCC(N)CN=C(N)C(=N)c1noc(=O)n1-c1ccc(F)c(Br)c1. The Labute approximate surface area is 150 Å². The summed E-state index contributed by atoms with van der Waals surface area (Å²) < 4.78 is 24.0. The van der Waals surface area contributed by atoms with Gasteiger partial charge in [-0.1, -0.05) is 5.16 Å². The van der Waals surface area contributed by atoms with Crippen molar-refractivity contribution in [3.8, 4) is 5.69 Å². The van der Waals surface area contributed by atoms with Gasteiger partial charge in [0.25, 0.3) is 0 Å². The average molecular weight is 415 g/mol. The fourth-order valence-electron chi connectivity index (χ4n) is 1.94. The van der Waals surface area contributed by atoms with Crippen LogP contribution in [-0.2, 0) is 4.74 Å². The fourth-order valence-corrected chi connectivity index (χ4v) is 2.30. The van der Waals surface area contributed by atoms with Gasteiger partial charge >= 0.3 is 5.76 Å². The van der Waals surface area contributed by atoms with Crippen LogP contribution in [0.2, 0.25) is 0 Å². The van der Waals surface area contributed by atoms with Crippen LogP contribution in [0.5, 0.6) is 0 Å². The summed E-state index contributed by atoms with van der Waals surface area (Å²) in [4.78, 5) is 15.9. The van der Waals surface area contributed by atoms with Crippen LogP contribution in [0.1, 0.15) is 5.82 Å². The normalized spacial score (nSPS) is 13.0. The zero-order chi connectivity index (χ0) is 18.6. The first kappa shape index (κ1) is 19.0. The molecule has 2 aromatic rings. The van der Waals surface area contributed by atoms with Crippen molar-refractivity contribution in [2.24, 2.45) is 16.5 Å². The van der Waals surface area contributed by atoms with Crippen molar-refractivity contribution >= 4 is 27.5 Å². The van der Waals surface area contributed by atoms with E-state index in [4.69, 9.17) is 21.6 Å². The summed E-state index contributed by atoms with van der Waals surface area (Å²) in [5, 5.41) is 11.6. The minimum atomic E-state index is -0.845. The molecule has 0 aliphatic heterocycles. The summed E-state index contributed by atoms with van der Waals surface area (Å²) in [7, 11) is 1.50. The molecule has 0 radical (unpaired) electrons. The third-order valence-corrected chi connectivity index (χ3v) is 3.73. The van der Waals surface area contributed by atoms with Gasteiger partial charge in [0.2, 0.25) is 5.82 Å². The van der Waals surface area contributed by atoms with E-state index in [-0.39, 0.29) is 46.7 Å². The molecule has 1 heterocycles. The number of aromatic nitrogens is 2. The molecular formula is C14H16BrFN6O3. The molecule has 1 aromatic carbocycles. The summed E-state index contributed by atoms with van der Waals surface area (Å²) in [5.74, 6) is -1.68. The maximum atomic E-state index is 13.4. The molecule has 0 aliphatic carbocycles. The number of nitrogens with one attached hydrogen (secondary N) is 1. The predicted molar refractivity (Wildman–Crippen MR) is 92.9 cm³/mol. The van der Waals surface area contributed by atoms with E-state index in [9.17, 15) is 9.18 Å². The topological polar surface area (TPSA) is 146 Å². The first-order valence-corrected chi connectivity index (χ1v) is 7.82. The van der Waals surface area contributed by atoms with E-state index >= 15 is 0 Å². The number of rotatable bonds is 7. The Morgan fingerprint density at radius 2 is 2.32 bits per heavy atom. The van der Waals surface area contributed by atoms with Gasteiger partial charge in [0.15, 0.2) is 0 Å². The van der Waals surface area contributed by atoms with Crippen molar-refractivity contribution in [2.75, 3.05) is 20.3 Å². The maximum absolute atomic E-state index is 13.4. The third kappa shape index (κ3) is 4.38. The second kappa shape index (κ2) is 8.14. The van der Waals surface area contributed by atoms with Crippen molar-refractivity contribution in [2.45, 2.75) is 6.04 Å². The first-order chi connectivity index (χ1) is 11.8. The summed E-state index contributed by atoms with van der Waals surface area (Å²) in [6.07, 6.45) is 0. The van der Waals surface area contributed by atoms with Gasteiger partial charge in [-0.15, -0.1) is 0 Å². The molecule has 5 N–H and O–H groups in total. The lowest BCUT2D eigenvalue weighted by Crippen LogP contribution is -2.33. The van der Waals surface area contributed by atoms with Crippen LogP contribution in [0.4, 0.5) is 4.39 Å². The number of methoxy groups -OCH3 is 1. The zero-order valence-corrected chi connectivity index (χ0v) is 14.8.